The summed E-state index contributed by atoms with van der Waals surface area (Å²) in [7, 11) is 1.70. The molecule has 1 aliphatic rings. The summed E-state index contributed by atoms with van der Waals surface area (Å²) < 4.78 is 5.25. The van der Waals surface area contributed by atoms with Crippen molar-refractivity contribution in [2.75, 3.05) is 31.8 Å². The first-order chi connectivity index (χ1) is 12.7. The number of nitrogens with zero attached hydrogens (tertiary/aromatic N) is 3. The molecule has 4 nitrogen and oxygen atoms in total. The molecule has 4 rings (SSSR count). The smallest absolute Gasteiger partial charge is 0.118 e. The Bertz CT molecular complexity index is 897. The van der Waals surface area contributed by atoms with E-state index in [-0.39, 0.29) is 0 Å². The molecule has 0 spiro atoms. The molecule has 1 saturated heterocycles. The van der Waals surface area contributed by atoms with Crippen LogP contribution >= 0.6 is 11.6 Å². The summed E-state index contributed by atoms with van der Waals surface area (Å²) in [4.78, 5) is 9.29. The molecule has 0 N–H and O–H groups in total. The van der Waals surface area contributed by atoms with Crippen LogP contribution in [0.1, 0.15) is 12.0 Å². The van der Waals surface area contributed by atoms with Gasteiger partial charge >= 0.3 is 0 Å². The lowest BCUT2D eigenvalue weighted by Gasteiger charge is -2.37. The lowest BCUT2D eigenvalue weighted by Crippen LogP contribution is -2.44. The van der Waals surface area contributed by atoms with Crippen molar-refractivity contribution in [1.29, 1.82) is 0 Å². The van der Waals surface area contributed by atoms with Crippen LogP contribution in [0.5, 0.6) is 5.75 Å². The van der Waals surface area contributed by atoms with Crippen LogP contribution in [0.15, 0.2) is 54.9 Å². The summed E-state index contributed by atoms with van der Waals surface area (Å²) in [6.45, 7) is 3.95. The zero-order chi connectivity index (χ0) is 17.9. The second kappa shape index (κ2) is 7.52. The van der Waals surface area contributed by atoms with Gasteiger partial charge in [-0.1, -0.05) is 35.9 Å². The number of anilines is 1. The van der Waals surface area contributed by atoms with Crippen molar-refractivity contribution in [3.05, 3.63) is 65.4 Å². The van der Waals surface area contributed by atoms with E-state index in [0.29, 0.717) is 0 Å². The summed E-state index contributed by atoms with van der Waals surface area (Å²) >= 11 is 6.35. The van der Waals surface area contributed by atoms with Gasteiger partial charge in [-0.25, -0.2) is 0 Å². The maximum atomic E-state index is 6.35. The van der Waals surface area contributed by atoms with Crippen LogP contribution in [-0.2, 0) is 6.54 Å². The van der Waals surface area contributed by atoms with Crippen LogP contribution in [0, 0.1) is 0 Å². The van der Waals surface area contributed by atoms with Gasteiger partial charge in [0.25, 0.3) is 0 Å². The van der Waals surface area contributed by atoms with E-state index in [1.165, 1.54) is 10.9 Å². The minimum Gasteiger partial charge on any atom is -0.497 e. The lowest BCUT2D eigenvalue weighted by molar-refractivity contribution is 0.233. The van der Waals surface area contributed by atoms with Crippen molar-refractivity contribution < 1.29 is 4.74 Å². The highest BCUT2D eigenvalue weighted by Crippen LogP contribution is 2.31. The Morgan fingerprint density at radius 3 is 2.69 bits per heavy atom. The molecule has 0 aliphatic carbocycles. The summed E-state index contributed by atoms with van der Waals surface area (Å²) in [6.07, 6.45) is 4.93. The van der Waals surface area contributed by atoms with Gasteiger partial charge in [-0.2, -0.15) is 0 Å². The number of benzene rings is 2. The van der Waals surface area contributed by atoms with Gasteiger partial charge < -0.3 is 9.64 Å². The number of fused-ring (bicyclic) bond motifs is 1. The monoisotopic (exact) mass is 367 g/mol. The third kappa shape index (κ3) is 3.48. The molecule has 0 radical (unpaired) electrons. The maximum Gasteiger partial charge on any atom is 0.118 e. The minimum absolute atomic E-state index is 0.754. The third-order valence-corrected chi connectivity index (χ3v) is 5.24. The summed E-state index contributed by atoms with van der Waals surface area (Å²) in [6, 6.07) is 14.4. The van der Waals surface area contributed by atoms with Crippen molar-refractivity contribution in [2.24, 2.45) is 0 Å². The summed E-state index contributed by atoms with van der Waals surface area (Å²) in [5.74, 6) is 0.896. The molecule has 134 valence electrons. The molecular weight excluding hydrogens is 346 g/mol. The molecule has 1 fully saturated rings. The van der Waals surface area contributed by atoms with Crippen LogP contribution in [0.2, 0.25) is 5.02 Å². The van der Waals surface area contributed by atoms with E-state index in [0.717, 1.165) is 54.6 Å². The van der Waals surface area contributed by atoms with Gasteiger partial charge in [0.1, 0.15) is 5.75 Å². The number of aromatic nitrogens is 1. The Kier molecular flexibility index (Phi) is 4.96. The van der Waals surface area contributed by atoms with Crippen molar-refractivity contribution in [2.45, 2.75) is 13.0 Å². The van der Waals surface area contributed by atoms with E-state index >= 15 is 0 Å². The Balaban J connectivity index is 1.54. The van der Waals surface area contributed by atoms with Crippen molar-refractivity contribution in [1.82, 2.24) is 9.88 Å². The average Bonchev–Trinajstić information content (AvgIpc) is 2.69. The van der Waals surface area contributed by atoms with Gasteiger partial charge in [0.05, 0.1) is 30.7 Å². The molecule has 0 saturated carbocycles. The number of rotatable bonds is 4. The van der Waals surface area contributed by atoms with E-state index in [9.17, 15) is 0 Å². The molecule has 1 aliphatic heterocycles. The second-order valence-electron chi connectivity index (χ2n) is 6.65. The zero-order valence-electron chi connectivity index (χ0n) is 14.9. The van der Waals surface area contributed by atoms with E-state index < -0.39 is 0 Å². The number of methoxy groups -OCH3 is 1. The van der Waals surface area contributed by atoms with Crippen LogP contribution in [0.3, 0.4) is 0 Å². The summed E-state index contributed by atoms with van der Waals surface area (Å²) in [5.41, 5.74) is 2.45. The number of ether oxygens (including phenoxy) is 1. The first kappa shape index (κ1) is 17.1. The average molecular weight is 368 g/mol. The molecule has 0 atom stereocenters. The molecule has 2 heterocycles. The maximum absolute atomic E-state index is 6.35. The summed E-state index contributed by atoms with van der Waals surface area (Å²) in [5, 5.41) is 2.93. The predicted molar refractivity (Wildman–Crippen MR) is 107 cm³/mol. The van der Waals surface area contributed by atoms with Gasteiger partial charge in [0.15, 0.2) is 0 Å². The van der Waals surface area contributed by atoms with E-state index in [1.54, 1.807) is 7.11 Å². The van der Waals surface area contributed by atoms with Crippen molar-refractivity contribution in [3.63, 3.8) is 0 Å². The Labute approximate surface area is 159 Å². The Hall–Kier alpha value is -2.30. The Morgan fingerprint density at radius 2 is 1.88 bits per heavy atom. The molecule has 5 heteroatoms. The molecule has 3 aromatic rings. The number of halogens is 1. The first-order valence-corrected chi connectivity index (χ1v) is 9.25. The lowest BCUT2D eigenvalue weighted by atomic mass is 10.1. The van der Waals surface area contributed by atoms with Crippen LogP contribution in [0.25, 0.3) is 10.8 Å². The van der Waals surface area contributed by atoms with Crippen molar-refractivity contribution >= 4 is 28.1 Å². The fourth-order valence-corrected chi connectivity index (χ4v) is 3.80. The zero-order valence-corrected chi connectivity index (χ0v) is 15.6. The second-order valence-corrected chi connectivity index (χ2v) is 7.06. The fourth-order valence-electron chi connectivity index (χ4n) is 3.58. The molecule has 0 unspecified atom stereocenters. The standard InChI is InChI=1S/C21H22ClN3O/c1-26-17-8-6-16(7-9-17)14-24-10-3-11-25(15-24)21-13-23-12-19-18(21)4-2-5-20(19)22/h2,4-9,12-13H,3,10-11,14-15H2,1H3. The quantitative estimate of drug-likeness (QED) is 0.675. The minimum atomic E-state index is 0.754. The molecule has 1 aromatic heterocycles. The van der Waals surface area contributed by atoms with E-state index in [4.69, 9.17) is 16.3 Å². The normalized spacial score (nSPS) is 15.4. The molecular formula is C21H22ClN3O. The predicted octanol–water partition coefficient (Wildman–Crippen LogP) is 4.57. The van der Waals surface area contributed by atoms with E-state index in [1.807, 2.05) is 36.7 Å². The molecule has 26 heavy (non-hydrogen) atoms. The topological polar surface area (TPSA) is 28.6 Å². The van der Waals surface area contributed by atoms with Crippen molar-refractivity contribution in [3.8, 4) is 5.75 Å². The van der Waals surface area contributed by atoms with E-state index in [2.05, 4.69) is 33.0 Å². The third-order valence-electron chi connectivity index (χ3n) is 4.91. The molecule has 2 aromatic carbocycles. The number of pyridine rings is 1. The van der Waals surface area contributed by atoms with Crippen LogP contribution in [-0.4, -0.2) is 36.8 Å². The highest BCUT2D eigenvalue weighted by molar-refractivity contribution is 6.35. The fraction of sp³-hybridized carbons (Fsp3) is 0.286. The SMILES string of the molecule is COc1ccc(CN2CCCN(c3cncc4c(Cl)cccc34)C2)cc1. The van der Waals surface area contributed by atoms with Gasteiger partial charge in [-0.05, 0) is 30.2 Å². The number of hydrogen-bond donors (Lipinski definition) is 0. The number of hydrogen-bond acceptors (Lipinski definition) is 4. The van der Waals surface area contributed by atoms with Crippen LogP contribution < -0.4 is 9.64 Å². The molecule has 0 amide bonds. The highest BCUT2D eigenvalue weighted by atomic mass is 35.5. The van der Waals surface area contributed by atoms with Crippen LogP contribution in [0.4, 0.5) is 5.69 Å². The molecule has 0 bridgehead atoms. The largest absolute Gasteiger partial charge is 0.497 e. The van der Waals surface area contributed by atoms with Gasteiger partial charge in [0, 0.05) is 36.6 Å². The Morgan fingerprint density at radius 1 is 1.04 bits per heavy atom. The van der Waals surface area contributed by atoms with Gasteiger partial charge in [0.2, 0.25) is 0 Å². The van der Waals surface area contributed by atoms with Gasteiger partial charge in [-0.15, -0.1) is 0 Å². The highest BCUT2D eigenvalue weighted by Gasteiger charge is 2.20. The van der Waals surface area contributed by atoms with Gasteiger partial charge in [-0.3, -0.25) is 9.88 Å². The first-order valence-electron chi connectivity index (χ1n) is 8.87.